The van der Waals surface area contributed by atoms with Crippen LogP contribution in [-0.2, 0) is 17.8 Å². The Hall–Kier alpha value is -1.29. The predicted molar refractivity (Wildman–Crippen MR) is 63.7 cm³/mol. The second-order valence-corrected chi connectivity index (χ2v) is 4.90. The van der Waals surface area contributed by atoms with E-state index < -0.39 is 5.97 Å². The molecule has 2 rings (SSSR count). The monoisotopic (exact) mass is 237 g/mol. The standard InChI is InChI=1S/C13H19NO3/c1-10-4-6-14(7-5-10)9-12-3-2-11(17-12)8-13(15)16/h2-3,10H,4-9H2,1H3,(H,15,16). The zero-order valence-corrected chi connectivity index (χ0v) is 10.2. The number of likely N-dealkylation sites (tertiary alicyclic amines) is 1. The van der Waals surface area contributed by atoms with Gasteiger partial charge in [0.25, 0.3) is 0 Å². The number of carboxylic acid groups (broad SMARTS) is 1. The van der Waals surface area contributed by atoms with Gasteiger partial charge in [-0.05, 0) is 44.0 Å². The van der Waals surface area contributed by atoms with Crippen LogP contribution in [0.5, 0.6) is 0 Å². The number of rotatable bonds is 4. The summed E-state index contributed by atoms with van der Waals surface area (Å²) in [6.45, 7) is 5.30. The molecule has 17 heavy (non-hydrogen) atoms. The minimum atomic E-state index is -0.849. The smallest absolute Gasteiger partial charge is 0.311 e. The largest absolute Gasteiger partial charge is 0.481 e. The Kier molecular flexibility index (Phi) is 3.84. The van der Waals surface area contributed by atoms with Crippen molar-refractivity contribution in [3.63, 3.8) is 0 Å². The van der Waals surface area contributed by atoms with Gasteiger partial charge in [0.1, 0.15) is 17.9 Å². The van der Waals surface area contributed by atoms with E-state index in [4.69, 9.17) is 9.52 Å². The summed E-state index contributed by atoms with van der Waals surface area (Å²) in [5.41, 5.74) is 0. The van der Waals surface area contributed by atoms with Crippen molar-refractivity contribution in [3.05, 3.63) is 23.7 Å². The first-order chi connectivity index (χ1) is 8.13. The second-order valence-electron chi connectivity index (χ2n) is 4.90. The fourth-order valence-electron chi connectivity index (χ4n) is 2.19. The molecule has 0 saturated carbocycles. The van der Waals surface area contributed by atoms with E-state index in [2.05, 4.69) is 11.8 Å². The molecule has 0 aromatic carbocycles. The third kappa shape index (κ3) is 3.60. The molecular formula is C13H19NO3. The molecule has 1 aliphatic rings. The molecule has 4 nitrogen and oxygen atoms in total. The summed E-state index contributed by atoms with van der Waals surface area (Å²) in [7, 11) is 0. The predicted octanol–water partition coefficient (Wildman–Crippen LogP) is 2.14. The van der Waals surface area contributed by atoms with Crippen LogP contribution in [0, 0.1) is 5.92 Å². The fourth-order valence-corrected chi connectivity index (χ4v) is 2.19. The van der Waals surface area contributed by atoms with Gasteiger partial charge in [0.05, 0.1) is 6.54 Å². The summed E-state index contributed by atoms with van der Waals surface area (Å²) in [5, 5.41) is 8.66. The Morgan fingerprint density at radius 3 is 2.71 bits per heavy atom. The summed E-state index contributed by atoms with van der Waals surface area (Å²) in [5.74, 6) is 1.39. The maximum absolute atomic E-state index is 10.5. The van der Waals surface area contributed by atoms with Crippen molar-refractivity contribution in [2.24, 2.45) is 5.92 Å². The third-order valence-corrected chi connectivity index (χ3v) is 3.30. The highest BCUT2D eigenvalue weighted by molar-refractivity contribution is 5.69. The van der Waals surface area contributed by atoms with Crippen LogP contribution in [0.1, 0.15) is 31.3 Å². The molecule has 1 aliphatic heterocycles. The van der Waals surface area contributed by atoms with Crippen LogP contribution in [0.2, 0.25) is 0 Å². The van der Waals surface area contributed by atoms with E-state index in [0.29, 0.717) is 5.76 Å². The van der Waals surface area contributed by atoms with Crippen LogP contribution in [0.4, 0.5) is 0 Å². The normalized spacial score (nSPS) is 18.4. The summed E-state index contributed by atoms with van der Waals surface area (Å²) >= 11 is 0. The van der Waals surface area contributed by atoms with E-state index in [1.807, 2.05) is 6.07 Å². The first kappa shape index (κ1) is 12.2. The van der Waals surface area contributed by atoms with Gasteiger partial charge in [-0.15, -0.1) is 0 Å². The zero-order valence-electron chi connectivity index (χ0n) is 10.2. The van der Waals surface area contributed by atoms with Gasteiger partial charge in [0.15, 0.2) is 0 Å². The second kappa shape index (κ2) is 5.36. The molecule has 0 aliphatic carbocycles. The summed E-state index contributed by atoms with van der Waals surface area (Å²) in [6, 6.07) is 3.65. The SMILES string of the molecule is CC1CCN(Cc2ccc(CC(=O)O)o2)CC1. The van der Waals surface area contributed by atoms with Gasteiger partial charge in [0.2, 0.25) is 0 Å². The molecule has 1 fully saturated rings. The highest BCUT2D eigenvalue weighted by Gasteiger charge is 2.17. The van der Waals surface area contributed by atoms with Gasteiger partial charge in [-0.2, -0.15) is 0 Å². The molecule has 1 aromatic rings. The van der Waals surface area contributed by atoms with Gasteiger partial charge >= 0.3 is 5.97 Å². The summed E-state index contributed by atoms with van der Waals surface area (Å²) in [4.78, 5) is 12.9. The average Bonchev–Trinajstić information content (AvgIpc) is 2.68. The first-order valence-corrected chi connectivity index (χ1v) is 6.15. The van der Waals surface area contributed by atoms with Gasteiger partial charge in [-0.3, -0.25) is 9.69 Å². The maximum atomic E-state index is 10.5. The number of carboxylic acids is 1. The van der Waals surface area contributed by atoms with Crippen molar-refractivity contribution in [2.75, 3.05) is 13.1 Å². The molecule has 1 saturated heterocycles. The molecular weight excluding hydrogens is 218 g/mol. The minimum absolute atomic E-state index is 0.0307. The molecule has 0 atom stereocenters. The lowest BCUT2D eigenvalue weighted by Crippen LogP contribution is -2.32. The maximum Gasteiger partial charge on any atom is 0.311 e. The molecule has 0 unspecified atom stereocenters. The number of aliphatic carboxylic acids is 1. The lowest BCUT2D eigenvalue weighted by atomic mass is 9.99. The van der Waals surface area contributed by atoms with Crippen LogP contribution in [0.15, 0.2) is 16.5 Å². The summed E-state index contributed by atoms with van der Waals surface area (Å²) < 4.78 is 5.50. The van der Waals surface area contributed by atoms with Gasteiger partial charge in [-0.25, -0.2) is 0 Å². The lowest BCUT2D eigenvalue weighted by Gasteiger charge is -2.29. The topological polar surface area (TPSA) is 53.7 Å². The van der Waals surface area contributed by atoms with Gasteiger partial charge in [0, 0.05) is 0 Å². The average molecular weight is 237 g/mol. The zero-order chi connectivity index (χ0) is 12.3. The number of piperidine rings is 1. The fraction of sp³-hybridized carbons (Fsp3) is 0.615. The van der Waals surface area contributed by atoms with Gasteiger partial charge in [-0.1, -0.05) is 6.92 Å². The van der Waals surface area contributed by atoms with Crippen molar-refractivity contribution >= 4 is 5.97 Å². The Morgan fingerprint density at radius 1 is 1.41 bits per heavy atom. The number of hydrogen-bond acceptors (Lipinski definition) is 3. The molecule has 0 bridgehead atoms. The Labute approximate surface area is 101 Å². The van der Waals surface area contributed by atoms with Gasteiger partial charge < -0.3 is 9.52 Å². The van der Waals surface area contributed by atoms with Crippen molar-refractivity contribution in [3.8, 4) is 0 Å². The van der Waals surface area contributed by atoms with Crippen molar-refractivity contribution in [2.45, 2.75) is 32.7 Å². The molecule has 1 N–H and O–H groups in total. The van der Waals surface area contributed by atoms with E-state index in [9.17, 15) is 4.79 Å². The molecule has 0 spiro atoms. The number of hydrogen-bond donors (Lipinski definition) is 1. The minimum Gasteiger partial charge on any atom is -0.481 e. The number of nitrogens with zero attached hydrogens (tertiary/aromatic N) is 1. The Balaban J connectivity index is 1.86. The third-order valence-electron chi connectivity index (χ3n) is 3.30. The van der Waals surface area contributed by atoms with Crippen LogP contribution in [0.3, 0.4) is 0 Å². The molecule has 94 valence electrons. The Bertz CT molecular complexity index is 378. The lowest BCUT2D eigenvalue weighted by molar-refractivity contribution is -0.136. The molecule has 0 radical (unpaired) electrons. The number of carbonyl (C=O) groups is 1. The Morgan fingerprint density at radius 2 is 2.06 bits per heavy atom. The first-order valence-electron chi connectivity index (χ1n) is 6.15. The van der Waals surface area contributed by atoms with Crippen molar-refractivity contribution < 1.29 is 14.3 Å². The molecule has 1 aromatic heterocycles. The molecule has 2 heterocycles. The highest BCUT2D eigenvalue weighted by Crippen LogP contribution is 2.19. The quantitative estimate of drug-likeness (QED) is 0.871. The summed E-state index contributed by atoms with van der Waals surface area (Å²) in [6.07, 6.45) is 2.45. The van der Waals surface area contributed by atoms with Crippen LogP contribution >= 0.6 is 0 Å². The van der Waals surface area contributed by atoms with Crippen molar-refractivity contribution in [1.82, 2.24) is 4.90 Å². The van der Waals surface area contributed by atoms with Crippen LogP contribution in [0.25, 0.3) is 0 Å². The van der Waals surface area contributed by atoms with E-state index in [0.717, 1.165) is 31.3 Å². The van der Waals surface area contributed by atoms with E-state index in [-0.39, 0.29) is 6.42 Å². The van der Waals surface area contributed by atoms with E-state index in [1.54, 1.807) is 6.07 Å². The van der Waals surface area contributed by atoms with Crippen LogP contribution in [-0.4, -0.2) is 29.1 Å². The highest BCUT2D eigenvalue weighted by atomic mass is 16.4. The molecule has 4 heteroatoms. The number of furan rings is 1. The van der Waals surface area contributed by atoms with E-state index in [1.165, 1.54) is 12.8 Å². The van der Waals surface area contributed by atoms with E-state index >= 15 is 0 Å². The molecule has 0 amide bonds. The van der Waals surface area contributed by atoms with Crippen molar-refractivity contribution in [1.29, 1.82) is 0 Å². The van der Waals surface area contributed by atoms with Crippen LogP contribution < -0.4 is 0 Å².